The molecule has 2 N–H and O–H groups in total. The SMILES string of the molecule is CCC(O)CN(CC1CCNCC1)c1ccccc1. The topological polar surface area (TPSA) is 35.5 Å². The van der Waals surface area contributed by atoms with Gasteiger partial charge in [0.15, 0.2) is 0 Å². The van der Waals surface area contributed by atoms with E-state index in [9.17, 15) is 5.11 Å². The number of piperidine rings is 1. The Hall–Kier alpha value is -1.06. The molecular weight excluding hydrogens is 236 g/mol. The summed E-state index contributed by atoms with van der Waals surface area (Å²) in [5.74, 6) is 0.741. The number of aliphatic hydroxyl groups is 1. The maximum Gasteiger partial charge on any atom is 0.0712 e. The quantitative estimate of drug-likeness (QED) is 0.825. The maximum atomic E-state index is 9.97. The Kier molecular flexibility index (Phi) is 5.67. The molecule has 3 heteroatoms. The van der Waals surface area contributed by atoms with Gasteiger partial charge in [-0.2, -0.15) is 0 Å². The van der Waals surface area contributed by atoms with Crippen molar-refractivity contribution in [1.29, 1.82) is 0 Å². The minimum atomic E-state index is -0.234. The van der Waals surface area contributed by atoms with Crippen LogP contribution in [-0.4, -0.2) is 37.4 Å². The van der Waals surface area contributed by atoms with Crippen LogP contribution in [-0.2, 0) is 0 Å². The van der Waals surface area contributed by atoms with Gasteiger partial charge < -0.3 is 15.3 Å². The van der Waals surface area contributed by atoms with Gasteiger partial charge in [0.1, 0.15) is 0 Å². The summed E-state index contributed by atoms with van der Waals surface area (Å²) in [6, 6.07) is 10.5. The zero-order valence-corrected chi connectivity index (χ0v) is 11.9. The van der Waals surface area contributed by atoms with Crippen LogP contribution in [0.1, 0.15) is 26.2 Å². The van der Waals surface area contributed by atoms with Crippen molar-refractivity contribution in [2.24, 2.45) is 5.92 Å². The van der Waals surface area contributed by atoms with Crippen LogP contribution >= 0.6 is 0 Å². The molecule has 1 fully saturated rings. The van der Waals surface area contributed by atoms with Gasteiger partial charge in [-0.05, 0) is 50.4 Å². The summed E-state index contributed by atoms with van der Waals surface area (Å²) in [4.78, 5) is 2.35. The number of benzene rings is 1. The molecule has 1 aliphatic heterocycles. The van der Waals surface area contributed by atoms with Crippen LogP contribution in [0, 0.1) is 5.92 Å². The standard InChI is InChI=1S/C16H26N2O/c1-2-16(19)13-18(15-6-4-3-5-7-15)12-14-8-10-17-11-9-14/h3-7,14,16-17,19H,2,8-13H2,1H3. The van der Waals surface area contributed by atoms with E-state index in [2.05, 4.69) is 34.5 Å². The number of hydrogen-bond donors (Lipinski definition) is 2. The molecule has 1 atom stereocenters. The fourth-order valence-corrected chi connectivity index (χ4v) is 2.68. The fourth-order valence-electron chi connectivity index (χ4n) is 2.68. The third-order valence-corrected chi connectivity index (χ3v) is 3.96. The first kappa shape index (κ1) is 14.4. The number of aliphatic hydroxyl groups excluding tert-OH is 1. The number of anilines is 1. The van der Waals surface area contributed by atoms with E-state index in [4.69, 9.17) is 0 Å². The van der Waals surface area contributed by atoms with E-state index in [1.807, 2.05) is 13.0 Å². The number of para-hydroxylation sites is 1. The highest BCUT2D eigenvalue weighted by Gasteiger charge is 2.18. The van der Waals surface area contributed by atoms with E-state index in [0.717, 1.165) is 38.5 Å². The van der Waals surface area contributed by atoms with Gasteiger partial charge in [0.05, 0.1) is 6.10 Å². The summed E-state index contributed by atoms with van der Waals surface area (Å²) in [7, 11) is 0. The van der Waals surface area contributed by atoms with Gasteiger partial charge in [-0.15, -0.1) is 0 Å². The predicted octanol–water partition coefficient (Wildman–Crippen LogP) is 2.26. The molecule has 106 valence electrons. The average molecular weight is 262 g/mol. The first-order valence-electron chi connectivity index (χ1n) is 7.48. The highest BCUT2D eigenvalue weighted by molar-refractivity contribution is 5.46. The van der Waals surface area contributed by atoms with Gasteiger partial charge >= 0.3 is 0 Å². The largest absolute Gasteiger partial charge is 0.391 e. The number of hydrogen-bond acceptors (Lipinski definition) is 3. The van der Waals surface area contributed by atoms with Crippen LogP contribution in [0.25, 0.3) is 0 Å². The fraction of sp³-hybridized carbons (Fsp3) is 0.625. The molecule has 19 heavy (non-hydrogen) atoms. The smallest absolute Gasteiger partial charge is 0.0712 e. The van der Waals surface area contributed by atoms with Crippen LogP contribution in [0.5, 0.6) is 0 Å². The minimum Gasteiger partial charge on any atom is -0.391 e. The van der Waals surface area contributed by atoms with Gasteiger partial charge in [0.25, 0.3) is 0 Å². The van der Waals surface area contributed by atoms with Crippen molar-refractivity contribution in [1.82, 2.24) is 5.32 Å². The molecule has 0 spiro atoms. The van der Waals surface area contributed by atoms with Crippen molar-refractivity contribution in [2.75, 3.05) is 31.1 Å². The van der Waals surface area contributed by atoms with Gasteiger partial charge in [0.2, 0.25) is 0 Å². The van der Waals surface area contributed by atoms with Gasteiger partial charge in [-0.1, -0.05) is 25.1 Å². The Morgan fingerprint density at radius 2 is 1.95 bits per heavy atom. The van der Waals surface area contributed by atoms with E-state index < -0.39 is 0 Å². The van der Waals surface area contributed by atoms with Gasteiger partial charge in [-0.3, -0.25) is 0 Å². The van der Waals surface area contributed by atoms with Crippen molar-refractivity contribution in [3.05, 3.63) is 30.3 Å². The first-order valence-corrected chi connectivity index (χ1v) is 7.48. The number of nitrogens with one attached hydrogen (secondary N) is 1. The lowest BCUT2D eigenvalue weighted by Crippen LogP contribution is -2.39. The van der Waals surface area contributed by atoms with Gasteiger partial charge in [0, 0.05) is 18.8 Å². The third kappa shape index (κ3) is 4.51. The normalized spacial score (nSPS) is 18.2. The molecule has 1 aliphatic rings. The molecule has 0 saturated carbocycles. The third-order valence-electron chi connectivity index (χ3n) is 3.96. The van der Waals surface area contributed by atoms with Crippen molar-refractivity contribution in [2.45, 2.75) is 32.3 Å². The van der Waals surface area contributed by atoms with Gasteiger partial charge in [-0.25, -0.2) is 0 Å². The van der Waals surface area contributed by atoms with Crippen LogP contribution in [0.2, 0.25) is 0 Å². The molecule has 0 aromatic heterocycles. The van der Waals surface area contributed by atoms with E-state index >= 15 is 0 Å². The highest BCUT2D eigenvalue weighted by atomic mass is 16.3. The molecule has 0 amide bonds. The maximum absolute atomic E-state index is 9.97. The van der Waals surface area contributed by atoms with Crippen molar-refractivity contribution >= 4 is 5.69 Å². The first-order chi connectivity index (χ1) is 9.29. The second-order valence-electron chi connectivity index (χ2n) is 5.50. The van der Waals surface area contributed by atoms with Crippen LogP contribution in [0.4, 0.5) is 5.69 Å². The molecule has 1 saturated heterocycles. The summed E-state index contributed by atoms with van der Waals surface area (Å²) in [6.45, 7) is 6.10. The van der Waals surface area contributed by atoms with Crippen molar-refractivity contribution in [3.8, 4) is 0 Å². The molecule has 1 aromatic carbocycles. The summed E-state index contributed by atoms with van der Waals surface area (Å²) in [5.41, 5.74) is 1.23. The van der Waals surface area contributed by atoms with Crippen molar-refractivity contribution in [3.63, 3.8) is 0 Å². The summed E-state index contributed by atoms with van der Waals surface area (Å²) < 4.78 is 0. The zero-order valence-electron chi connectivity index (χ0n) is 11.9. The van der Waals surface area contributed by atoms with Crippen LogP contribution < -0.4 is 10.2 Å². The molecule has 0 bridgehead atoms. The summed E-state index contributed by atoms with van der Waals surface area (Å²) >= 11 is 0. The molecule has 1 heterocycles. The Morgan fingerprint density at radius 1 is 1.26 bits per heavy atom. The zero-order chi connectivity index (χ0) is 13.5. The second-order valence-corrected chi connectivity index (χ2v) is 5.50. The number of rotatable bonds is 6. The monoisotopic (exact) mass is 262 g/mol. The lowest BCUT2D eigenvalue weighted by atomic mass is 9.97. The summed E-state index contributed by atoms with van der Waals surface area (Å²) in [5, 5.41) is 13.4. The van der Waals surface area contributed by atoms with E-state index in [1.165, 1.54) is 18.5 Å². The lowest BCUT2D eigenvalue weighted by molar-refractivity contribution is 0.173. The molecule has 2 rings (SSSR count). The Labute approximate surface area is 116 Å². The Morgan fingerprint density at radius 3 is 2.58 bits per heavy atom. The average Bonchev–Trinajstić information content (AvgIpc) is 2.48. The van der Waals surface area contributed by atoms with E-state index in [1.54, 1.807) is 0 Å². The van der Waals surface area contributed by atoms with E-state index in [0.29, 0.717) is 0 Å². The van der Waals surface area contributed by atoms with Crippen LogP contribution in [0.15, 0.2) is 30.3 Å². The highest BCUT2D eigenvalue weighted by Crippen LogP contribution is 2.20. The Bertz CT molecular complexity index is 349. The molecule has 1 unspecified atom stereocenters. The molecule has 0 radical (unpaired) electrons. The number of nitrogens with zero attached hydrogens (tertiary/aromatic N) is 1. The Balaban J connectivity index is 2.01. The van der Waals surface area contributed by atoms with E-state index in [-0.39, 0.29) is 6.10 Å². The summed E-state index contributed by atoms with van der Waals surface area (Å²) in [6.07, 6.45) is 3.06. The molecule has 3 nitrogen and oxygen atoms in total. The second kappa shape index (κ2) is 7.51. The molecular formula is C16H26N2O. The minimum absolute atomic E-state index is 0.234. The molecule has 1 aromatic rings. The van der Waals surface area contributed by atoms with Crippen molar-refractivity contribution < 1.29 is 5.11 Å². The lowest BCUT2D eigenvalue weighted by Gasteiger charge is -2.33. The predicted molar refractivity (Wildman–Crippen MR) is 80.5 cm³/mol. The van der Waals surface area contributed by atoms with Crippen LogP contribution in [0.3, 0.4) is 0 Å². The molecule has 0 aliphatic carbocycles.